The highest BCUT2D eigenvalue weighted by atomic mass is 16.1. The summed E-state index contributed by atoms with van der Waals surface area (Å²) >= 11 is 0. The Labute approximate surface area is 151 Å². The minimum atomic E-state index is -0.361. The maximum absolute atomic E-state index is 12.2. The number of anilines is 3. The quantitative estimate of drug-likeness (QED) is 0.748. The second-order valence-electron chi connectivity index (χ2n) is 5.93. The summed E-state index contributed by atoms with van der Waals surface area (Å²) in [4.78, 5) is 20.6. The van der Waals surface area contributed by atoms with Crippen LogP contribution in [-0.4, -0.2) is 15.9 Å². The van der Waals surface area contributed by atoms with Gasteiger partial charge in [0.05, 0.1) is 24.0 Å². The standard InChI is InChI=1S/C20H17N5O/c1-13-7-14(2)9-17(8-13)24-19-12-22-18(11-23-19)20(26)25-16-5-3-15(10-21)4-6-16/h3-9,11-12H,1-2H3,(H,23,24)(H,25,26). The van der Waals surface area contributed by atoms with Crippen LogP contribution in [0.1, 0.15) is 27.2 Å². The molecule has 6 heteroatoms. The lowest BCUT2D eigenvalue weighted by molar-refractivity contribution is 0.102. The van der Waals surface area contributed by atoms with Crippen molar-refractivity contribution < 1.29 is 4.79 Å². The highest BCUT2D eigenvalue weighted by Gasteiger charge is 2.09. The highest BCUT2D eigenvalue weighted by Crippen LogP contribution is 2.18. The largest absolute Gasteiger partial charge is 0.339 e. The van der Waals surface area contributed by atoms with Crippen molar-refractivity contribution >= 4 is 23.1 Å². The second kappa shape index (κ2) is 7.45. The maximum Gasteiger partial charge on any atom is 0.275 e. The summed E-state index contributed by atoms with van der Waals surface area (Å²) in [5, 5.41) is 14.7. The minimum absolute atomic E-state index is 0.209. The van der Waals surface area contributed by atoms with E-state index in [0.29, 0.717) is 17.1 Å². The van der Waals surface area contributed by atoms with E-state index in [9.17, 15) is 4.79 Å². The Balaban J connectivity index is 1.68. The zero-order valence-electron chi connectivity index (χ0n) is 14.4. The summed E-state index contributed by atoms with van der Waals surface area (Å²) < 4.78 is 0. The van der Waals surface area contributed by atoms with Crippen LogP contribution in [-0.2, 0) is 0 Å². The van der Waals surface area contributed by atoms with E-state index >= 15 is 0 Å². The van der Waals surface area contributed by atoms with Crippen LogP contribution >= 0.6 is 0 Å². The molecule has 0 spiro atoms. The number of aromatic nitrogens is 2. The second-order valence-corrected chi connectivity index (χ2v) is 5.93. The van der Waals surface area contributed by atoms with Gasteiger partial charge >= 0.3 is 0 Å². The van der Waals surface area contributed by atoms with E-state index in [4.69, 9.17) is 5.26 Å². The van der Waals surface area contributed by atoms with Crippen molar-refractivity contribution in [3.05, 3.63) is 77.2 Å². The lowest BCUT2D eigenvalue weighted by Crippen LogP contribution is -2.14. The van der Waals surface area contributed by atoms with Gasteiger partial charge in [-0.1, -0.05) is 6.07 Å². The molecule has 0 radical (unpaired) electrons. The van der Waals surface area contributed by atoms with Gasteiger partial charge in [-0.15, -0.1) is 0 Å². The van der Waals surface area contributed by atoms with E-state index in [-0.39, 0.29) is 11.6 Å². The van der Waals surface area contributed by atoms with Crippen molar-refractivity contribution in [3.8, 4) is 6.07 Å². The van der Waals surface area contributed by atoms with E-state index in [2.05, 4.69) is 26.7 Å². The van der Waals surface area contributed by atoms with E-state index in [1.54, 1.807) is 24.3 Å². The molecule has 0 unspecified atom stereocenters. The van der Waals surface area contributed by atoms with E-state index in [1.807, 2.05) is 32.0 Å². The molecule has 0 aliphatic rings. The number of aryl methyl sites for hydroxylation is 2. The average molecular weight is 343 g/mol. The third-order valence-electron chi connectivity index (χ3n) is 3.65. The number of hydrogen-bond donors (Lipinski definition) is 2. The first-order valence-corrected chi connectivity index (χ1v) is 8.02. The molecule has 0 aliphatic heterocycles. The van der Waals surface area contributed by atoms with Crippen LogP contribution in [0.4, 0.5) is 17.2 Å². The highest BCUT2D eigenvalue weighted by molar-refractivity contribution is 6.02. The Hall–Kier alpha value is -3.72. The van der Waals surface area contributed by atoms with Gasteiger partial charge in [-0.25, -0.2) is 9.97 Å². The number of nitrogens with zero attached hydrogens (tertiary/aromatic N) is 3. The van der Waals surface area contributed by atoms with Gasteiger partial charge in [0.1, 0.15) is 11.5 Å². The smallest absolute Gasteiger partial charge is 0.275 e. The molecule has 1 aromatic heterocycles. The summed E-state index contributed by atoms with van der Waals surface area (Å²) in [6.45, 7) is 4.06. The lowest BCUT2D eigenvalue weighted by Gasteiger charge is -2.08. The van der Waals surface area contributed by atoms with Crippen LogP contribution < -0.4 is 10.6 Å². The van der Waals surface area contributed by atoms with Crippen LogP contribution in [0.2, 0.25) is 0 Å². The number of amides is 1. The first kappa shape index (κ1) is 17.1. The number of benzene rings is 2. The van der Waals surface area contributed by atoms with Gasteiger partial charge in [-0.3, -0.25) is 4.79 Å². The Morgan fingerprint density at radius 3 is 2.23 bits per heavy atom. The average Bonchev–Trinajstić information content (AvgIpc) is 2.62. The number of nitrogens with one attached hydrogen (secondary N) is 2. The first-order valence-electron chi connectivity index (χ1n) is 8.02. The van der Waals surface area contributed by atoms with E-state index < -0.39 is 0 Å². The van der Waals surface area contributed by atoms with Crippen molar-refractivity contribution in [3.63, 3.8) is 0 Å². The Morgan fingerprint density at radius 2 is 1.65 bits per heavy atom. The number of carbonyl (C=O) groups excluding carboxylic acids is 1. The molecule has 26 heavy (non-hydrogen) atoms. The van der Waals surface area contributed by atoms with Crippen molar-refractivity contribution in [1.82, 2.24) is 9.97 Å². The van der Waals surface area contributed by atoms with Gasteiger partial charge in [0.25, 0.3) is 5.91 Å². The molecule has 1 amide bonds. The van der Waals surface area contributed by atoms with Crippen LogP contribution in [0.3, 0.4) is 0 Å². The van der Waals surface area contributed by atoms with Gasteiger partial charge in [-0.2, -0.15) is 5.26 Å². The van der Waals surface area contributed by atoms with Crippen LogP contribution in [0, 0.1) is 25.2 Å². The number of carbonyl (C=O) groups is 1. The first-order chi connectivity index (χ1) is 12.5. The molecule has 0 saturated carbocycles. The maximum atomic E-state index is 12.2. The normalized spacial score (nSPS) is 10.0. The summed E-state index contributed by atoms with van der Waals surface area (Å²) in [5.74, 6) is 0.199. The van der Waals surface area contributed by atoms with Crippen molar-refractivity contribution in [2.45, 2.75) is 13.8 Å². The predicted octanol–water partition coefficient (Wildman–Crippen LogP) is 3.96. The number of hydrogen-bond acceptors (Lipinski definition) is 5. The van der Waals surface area contributed by atoms with E-state index in [0.717, 1.165) is 16.8 Å². The molecule has 0 aliphatic carbocycles. The van der Waals surface area contributed by atoms with Gasteiger partial charge in [0.2, 0.25) is 0 Å². The summed E-state index contributed by atoms with van der Waals surface area (Å²) in [6.07, 6.45) is 2.94. The molecule has 128 valence electrons. The van der Waals surface area contributed by atoms with Crippen molar-refractivity contribution in [2.24, 2.45) is 0 Å². The zero-order valence-corrected chi connectivity index (χ0v) is 14.4. The molecule has 1 heterocycles. The molecule has 2 aromatic carbocycles. The Kier molecular flexibility index (Phi) is 4.90. The molecule has 0 bridgehead atoms. The Bertz CT molecular complexity index is 952. The minimum Gasteiger partial charge on any atom is -0.339 e. The van der Waals surface area contributed by atoms with Crippen LogP contribution in [0.25, 0.3) is 0 Å². The van der Waals surface area contributed by atoms with Gasteiger partial charge in [0.15, 0.2) is 0 Å². The Morgan fingerprint density at radius 1 is 0.962 bits per heavy atom. The van der Waals surface area contributed by atoms with Crippen molar-refractivity contribution in [2.75, 3.05) is 10.6 Å². The molecule has 3 rings (SSSR count). The summed E-state index contributed by atoms with van der Waals surface area (Å²) in [7, 11) is 0. The van der Waals surface area contributed by atoms with Crippen molar-refractivity contribution in [1.29, 1.82) is 5.26 Å². The van der Waals surface area contributed by atoms with E-state index in [1.165, 1.54) is 12.4 Å². The topological polar surface area (TPSA) is 90.7 Å². The van der Waals surface area contributed by atoms with Gasteiger partial charge in [-0.05, 0) is 61.4 Å². The number of nitriles is 1. The summed E-state index contributed by atoms with van der Waals surface area (Å²) in [5.41, 5.74) is 4.56. The zero-order chi connectivity index (χ0) is 18.5. The fourth-order valence-electron chi connectivity index (χ4n) is 2.53. The van der Waals surface area contributed by atoms with Gasteiger partial charge < -0.3 is 10.6 Å². The molecule has 0 fully saturated rings. The SMILES string of the molecule is Cc1cc(C)cc(Nc2cnc(C(=O)Nc3ccc(C#N)cc3)cn2)c1. The molecule has 2 N–H and O–H groups in total. The van der Waals surface area contributed by atoms with Crippen LogP contribution in [0.15, 0.2) is 54.9 Å². The third-order valence-corrected chi connectivity index (χ3v) is 3.65. The lowest BCUT2D eigenvalue weighted by atomic mass is 10.1. The fraction of sp³-hybridized carbons (Fsp3) is 0.100. The molecular weight excluding hydrogens is 326 g/mol. The summed E-state index contributed by atoms with van der Waals surface area (Å²) in [6, 6.07) is 14.8. The number of rotatable bonds is 4. The molecule has 3 aromatic rings. The van der Waals surface area contributed by atoms with Crippen LogP contribution in [0.5, 0.6) is 0 Å². The molecular formula is C20H17N5O. The fourth-order valence-corrected chi connectivity index (χ4v) is 2.53. The molecule has 6 nitrogen and oxygen atoms in total. The predicted molar refractivity (Wildman–Crippen MR) is 100 cm³/mol. The third kappa shape index (κ3) is 4.22. The van der Waals surface area contributed by atoms with Gasteiger partial charge in [0, 0.05) is 11.4 Å². The molecule has 0 saturated heterocycles. The molecule has 0 atom stereocenters. The monoisotopic (exact) mass is 343 g/mol.